The number of hydrogen-bond donors (Lipinski definition) is 0. The van der Waals surface area contributed by atoms with Crippen molar-refractivity contribution in [1.29, 1.82) is 0 Å². The van der Waals surface area contributed by atoms with Crippen LogP contribution < -0.4 is 35.6 Å². The van der Waals surface area contributed by atoms with Crippen LogP contribution in [0.5, 0.6) is 0 Å². The third kappa shape index (κ3) is 4.42. The second kappa shape index (κ2) is 12.4. The van der Waals surface area contributed by atoms with Gasteiger partial charge in [-0.25, -0.2) is 0 Å². The van der Waals surface area contributed by atoms with Gasteiger partial charge in [0, 0.05) is 27.8 Å². The average molecular weight is 778 g/mol. The Kier molecular flexibility index (Phi) is 7.25. The lowest BCUT2D eigenvalue weighted by atomic mass is 9.41. The first kappa shape index (κ1) is 35.0. The molecule has 8 aromatic rings. The summed E-state index contributed by atoms with van der Waals surface area (Å²) < 4.78 is 0. The Morgan fingerprint density at radius 1 is 0.500 bits per heavy atom. The molecule has 0 spiro atoms. The molecule has 0 saturated heterocycles. The topological polar surface area (TPSA) is 55.8 Å². The SMILES string of the molecule is CC1B(c2cccc3ccccc23)N(C)c2ccc3c4c(cc(C5C([O-])C(c6cc7c8c(ccc9c8c6N(C)B(c6cccc8ccccc68)N9C)CC7)C5[O-])c1c24)CC3. The zero-order chi connectivity index (χ0) is 40.3. The molecule has 0 amide bonds. The van der Waals surface area contributed by atoms with Crippen LogP contribution in [0, 0.1) is 0 Å². The molecule has 1 fully saturated rings. The number of rotatable bonds is 4. The standard InChI is InChI=1S/C53H45B2N3O2/c1-29-44-38(27-34-21-19-32-23-25-42(49(44)45(32)34)56(2)54(29)40-17-9-13-30-11-5-7-15-36(30)40)47-52(59)48(53(47)60)39-28-35-22-20-33-24-26-43-50(46(33)35)51(39)58(4)55(57(43)3)41-18-10-14-31-12-6-8-16-37(31)41/h5-18,23-29,47-48,52-53H,19-22H2,1-4H3/q-2. The number of aryl methyl sites for hydroxylation is 4. The molecule has 60 heavy (non-hydrogen) atoms. The molecule has 2 heterocycles. The van der Waals surface area contributed by atoms with Crippen molar-refractivity contribution in [1.82, 2.24) is 0 Å². The summed E-state index contributed by atoms with van der Waals surface area (Å²) in [4.78, 5) is 7.27. The van der Waals surface area contributed by atoms with Crippen LogP contribution in [0.4, 0.5) is 17.1 Å². The fourth-order valence-electron chi connectivity index (χ4n) is 13.2. The summed E-state index contributed by atoms with van der Waals surface area (Å²) >= 11 is 0. The van der Waals surface area contributed by atoms with Crippen molar-refractivity contribution < 1.29 is 10.2 Å². The van der Waals surface area contributed by atoms with Gasteiger partial charge in [0.25, 0.3) is 6.85 Å². The van der Waals surface area contributed by atoms with Crippen LogP contribution in [0.3, 0.4) is 0 Å². The quantitative estimate of drug-likeness (QED) is 0.179. The molecule has 5 nitrogen and oxygen atoms in total. The van der Waals surface area contributed by atoms with E-state index in [9.17, 15) is 0 Å². The summed E-state index contributed by atoms with van der Waals surface area (Å²) in [6, 6.07) is 44.4. The highest BCUT2D eigenvalue weighted by molar-refractivity contribution is 6.83. The normalized spacial score (nSPS) is 22.6. The van der Waals surface area contributed by atoms with Crippen LogP contribution in [0.1, 0.15) is 63.5 Å². The number of nitrogens with zero attached hydrogens (tertiary/aromatic N) is 3. The second-order valence-electron chi connectivity index (χ2n) is 18.6. The number of benzene rings is 8. The van der Waals surface area contributed by atoms with E-state index in [1.54, 1.807) is 0 Å². The molecule has 2 aliphatic heterocycles. The van der Waals surface area contributed by atoms with E-state index in [-0.39, 0.29) is 19.6 Å². The minimum absolute atomic E-state index is 0.0486. The van der Waals surface area contributed by atoms with Gasteiger partial charge in [-0.2, -0.15) is 0 Å². The molecule has 3 unspecified atom stereocenters. The van der Waals surface area contributed by atoms with Crippen LogP contribution in [-0.2, 0) is 25.7 Å². The highest BCUT2D eigenvalue weighted by Crippen LogP contribution is 2.57. The first-order valence-corrected chi connectivity index (χ1v) is 22.0. The van der Waals surface area contributed by atoms with Crippen molar-refractivity contribution in [2.75, 3.05) is 35.6 Å². The Hall–Kier alpha value is -5.75. The fraction of sp³-hybridized carbons (Fsp3) is 0.245. The minimum atomic E-state index is -1.05. The van der Waals surface area contributed by atoms with E-state index in [1.165, 1.54) is 93.2 Å². The van der Waals surface area contributed by atoms with Gasteiger partial charge in [0.15, 0.2) is 0 Å². The third-order valence-electron chi connectivity index (χ3n) is 15.8. The predicted molar refractivity (Wildman–Crippen MR) is 248 cm³/mol. The first-order chi connectivity index (χ1) is 29.3. The molecule has 7 heteroatoms. The molecule has 1 saturated carbocycles. The maximum atomic E-state index is 15.5. The van der Waals surface area contributed by atoms with Crippen molar-refractivity contribution in [3.63, 3.8) is 0 Å². The molecule has 292 valence electrons. The molecule has 0 radical (unpaired) electrons. The maximum Gasteiger partial charge on any atom is 0.411 e. The van der Waals surface area contributed by atoms with E-state index in [1.807, 2.05) is 0 Å². The Bertz CT molecular complexity index is 2950. The summed E-state index contributed by atoms with van der Waals surface area (Å²) in [5.41, 5.74) is 14.5. The fourth-order valence-corrected chi connectivity index (χ4v) is 13.2. The van der Waals surface area contributed by atoms with Gasteiger partial charge in [-0.1, -0.05) is 116 Å². The van der Waals surface area contributed by atoms with Gasteiger partial charge < -0.3 is 24.6 Å². The summed E-state index contributed by atoms with van der Waals surface area (Å²) in [7, 11) is 6.63. The van der Waals surface area contributed by atoms with E-state index >= 15 is 10.2 Å². The lowest BCUT2D eigenvalue weighted by molar-refractivity contribution is -0.536. The van der Waals surface area contributed by atoms with Gasteiger partial charge >= 0.3 is 6.98 Å². The zero-order valence-electron chi connectivity index (χ0n) is 34.6. The van der Waals surface area contributed by atoms with Crippen LogP contribution in [0.25, 0.3) is 43.1 Å². The van der Waals surface area contributed by atoms with Gasteiger partial charge in [0.05, 0.1) is 0 Å². The maximum absolute atomic E-state index is 15.5. The van der Waals surface area contributed by atoms with E-state index in [0.717, 1.165) is 42.5 Å². The van der Waals surface area contributed by atoms with E-state index in [0.29, 0.717) is 0 Å². The summed E-state index contributed by atoms with van der Waals surface area (Å²) in [6.07, 6.45) is 1.77. The van der Waals surface area contributed by atoms with E-state index in [4.69, 9.17) is 0 Å². The van der Waals surface area contributed by atoms with Gasteiger partial charge in [0.2, 0.25) is 0 Å². The smallest absolute Gasteiger partial charge is 0.411 e. The predicted octanol–water partition coefficient (Wildman–Crippen LogP) is 7.11. The lowest BCUT2D eigenvalue weighted by Gasteiger charge is -2.63. The molecule has 0 bridgehead atoms. The summed E-state index contributed by atoms with van der Waals surface area (Å²) in [6.45, 7) is 2.28. The molecule has 3 atom stereocenters. The van der Waals surface area contributed by atoms with Gasteiger partial charge in [-0.05, 0) is 159 Å². The number of anilines is 3. The molecule has 13 rings (SSSR count). The van der Waals surface area contributed by atoms with Crippen molar-refractivity contribution in [2.24, 2.45) is 0 Å². The number of hydrogen-bond acceptors (Lipinski definition) is 5. The Balaban J connectivity index is 0.976. The van der Waals surface area contributed by atoms with Crippen LogP contribution >= 0.6 is 0 Å². The first-order valence-electron chi connectivity index (χ1n) is 22.0. The minimum Gasteiger partial charge on any atom is -0.851 e. The van der Waals surface area contributed by atoms with Gasteiger partial charge in [-0.3, -0.25) is 0 Å². The summed E-state index contributed by atoms with van der Waals surface area (Å²) in [5.74, 6) is -1.19. The zero-order valence-corrected chi connectivity index (χ0v) is 34.6. The summed E-state index contributed by atoms with van der Waals surface area (Å²) in [5, 5.41) is 41.0. The van der Waals surface area contributed by atoms with Crippen molar-refractivity contribution >= 4 is 84.9 Å². The Morgan fingerprint density at radius 3 is 1.68 bits per heavy atom. The molecule has 3 aliphatic carbocycles. The Morgan fingerprint density at radius 2 is 1.02 bits per heavy atom. The van der Waals surface area contributed by atoms with Crippen LogP contribution in [-0.4, -0.2) is 47.2 Å². The molecule has 0 aromatic heterocycles. The Labute approximate surface area is 352 Å². The average Bonchev–Trinajstić information content (AvgIpc) is 3.89. The van der Waals surface area contributed by atoms with Crippen molar-refractivity contribution in [3.05, 3.63) is 160 Å². The van der Waals surface area contributed by atoms with Crippen LogP contribution in [0.15, 0.2) is 121 Å². The van der Waals surface area contributed by atoms with Gasteiger partial charge in [0.1, 0.15) is 0 Å². The lowest BCUT2D eigenvalue weighted by Crippen LogP contribution is -2.65. The molecular formula is C53H45B2N3O2-2. The highest BCUT2D eigenvalue weighted by Gasteiger charge is 2.48. The monoisotopic (exact) mass is 777 g/mol. The van der Waals surface area contributed by atoms with Gasteiger partial charge in [-0.15, -0.1) is 12.2 Å². The van der Waals surface area contributed by atoms with E-state index < -0.39 is 24.0 Å². The molecule has 8 aromatic carbocycles. The van der Waals surface area contributed by atoms with Crippen molar-refractivity contribution in [3.8, 4) is 0 Å². The molecule has 0 N–H and O–H groups in total. The third-order valence-corrected chi connectivity index (χ3v) is 15.8. The second-order valence-corrected chi connectivity index (χ2v) is 18.6. The number of fused-ring (bicyclic) bond motifs is 2. The van der Waals surface area contributed by atoms with Crippen LogP contribution in [0.2, 0.25) is 0 Å². The largest absolute Gasteiger partial charge is 0.851 e. The van der Waals surface area contributed by atoms with Crippen molar-refractivity contribution in [2.45, 2.75) is 62.5 Å². The molecule has 5 aliphatic rings. The highest BCUT2D eigenvalue weighted by atomic mass is 16.3. The molecular weight excluding hydrogens is 732 g/mol. The van der Waals surface area contributed by atoms with E-state index in [2.05, 4.69) is 164 Å².